The summed E-state index contributed by atoms with van der Waals surface area (Å²) in [5.74, 6) is 0.571. The fraction of sp³-hybridized carbons (Fsp3) is 0.364. The van der Waals surface area contributed by atoms with Gasteiger partial charge in [-0.3, -0.25) is 0 Å². The molecule has 2 fully saturated rings. The van der Waals surface area contributed by atoms with Crippen LogP contribution in [0.2, 0.25) is 5.02 Å². The number of carbonyl (C=O) groups excluding carboxylic acids is 1. The highest BCUT2D eigenvalue weighted by Gasteiger charge is 2.47. The second kappa shape index (κ2) is 7.23. The number of hydrogen-bond donors (Lipinski definition) is 3. The first-order valence-electron chi connectivity index (χ1n) is 10.3. The van der Waals surface area contributed by atoms with Crippen LogP contribution >= 0.6 is 11.6 Å². The highest BCUT2D eigenvalue weighted by molar-refractivity contribution is 6.30. The first kappa shape index (κ1) is 19.8. The van der Waals surface area contributed by atoms with Gasteiger partial charge in [-0.25, -0.2) is 19.7 Å². The summed E-state index contributed by atoms with van der Waals surface area (Å²) in [6.07, 6.45) is 7.54. The van der Waals surface area contributed by atoms with Crippen molar-refractivity contribution in [3.8, 4) is 5.69 Å². The highest BCUT2D eigenvalue weighted by atomic mass is 35.5. The van der Waals surface area contributed by atoms with Gasteiger partial charge in [-0.05, 0) is 43.2 Å². The van der Waals surface area contributed by atoms with Gasteiger partial charge in [-0.1, -0.05) is 25.4 Å². The van der Waals surface area contributed by atoms with E-state index in [-0.39, 0.29) is 23.0 Å². The lowest BCUT2D eigenvalue weighted by atomic mass is 9.81. The average molecular weight is 438 g/mol. The molecule has 1 aromatic carbocycles. The summed E-state index contributed by atoms with van der Waals surface area (Å²) in [7, 11) is 0. The Morgan fingerprint density at radius 2 is 1.97 bits per heavy atom. The lowest BCUT2D eigenvalue weighted by Gasteiger charge is -2.30. The number of amides is 2. The molecule has 1 unspecified atom stereocenters. The van der Waals surface area contributed by atoms with E-state index >= 15 is 0 Å². The van der Waals surface area contributed by atoms with Crippen molar-refractivity contribution in [1.82, 2.24) is 30.2 Å². The maximum Gasteiger partial charge on any atom is 0.315 e. The van der Waals surface area contributed by atoms with Crippen LogP contribution in [0.5, 0.6) is 0 Å². The smallest absolute Gasteiger partial charge is 0.315 e. The average Bonchev–Trinajstić information content (AvgIpc) is 3.15. The minimum absolute atomic E-state index is 0.0345. The molecule has 0 bridgehead atoms. The van der Waals surface area contributed by atoms with Gasteiger partial charge in [-0.15, -0.1) is 0 Å². The lowest BCUT2D eigenvalue weighted by Crippen LogP contribution is -2.44. The molecule has 5 rings (SSSR count). The van der Waals surface area contributed by atoms with Gasteiger partial charge in [0.05, 0.1) is 29.3 Å². The van der Waals surface area contributed by atoms with Crippen molar-refractivity contribution in [1.29, 1.82) is 0 Å². The molecule has 3 N–H and O–H groups in total. The molecular weight excluding hydrogens is 414 g/mol. The number of anilines is 1. The van der Waals surface area contributed by atoms with Crippen molar-refractivity contribution in [3.05, 3.63) is 65.5 Å². The Labute approximate surface area is 185 Å². The summed E-state index contributed by atoms with van der Waals surface area (Å²) in [5.41, 5.74) is 2.24. The maximum atomic E-state index is 11.6. The van der Waals surface area contributed by atoms with Crippen LogP contribution in [0.1, 0.15) is 38.1 Å². The molecule has 160 valence electrons. The van der Waals surface area contributed by atoms with E-state index < -0.39 is 0 Å². The largest absolute Gasteiger partial charge is 0.343 e. The number of carbonyl (C=O) groups is 1. The van der Waals surface area contributed by atoms with Crippen LogP contribution in [0.3, 0.4) is 0 Å². The fourth-order valence-electron chi connectivity index (χ4n) is 3.96. The standard InChI is InChI=1S/C22H24ClN7O/c1-21(2,17-11-25-20(31)28-17)16-7-10-24-19(27-16)29-22(8-9-22)18-12-30(13-26-18)15-5-3-14(23)4-6-15/h3-7,10,12-13,17H,8-9,11H2,1-2H3,(H,24,27,29)(H2,25,28,31). The zero-order chi connectivity index (χ0) is 21.6. The van der Waals surface area contributed by atoms with Gasteiger partial charge < -0.3 is 20.5 Å². The number of urea groups is 1. The van der Waals surface area contributed by atoms with Crippen LogP contribution in [0, 0.1) is 0 Å². The number of benzene rings is 1. The molecular formula is C22H24ClN7O. The van der Waals surface area contributed by atoms with E-state index in [1.165, 1.54) is 0 Å². The SMILES string of the molecule is CC(C)(c1ccnc(NC2(c3cn(-c4ccc(Cl)cc4)cn3)CC2)n1)C1CNC(=O)N1. The zero-order valence-electron chi connectivity index (χ0n) is 17.4. The monoisotopic (exact) mass is 437 g/mol. The molecule has 1 saturated carbocycles. The van der Waals surface area contributed by atoms with E-state index in [9.17, 15) is 4.79 Å². The molecule has 0 radical (unpaired) electrons. The van der Waals surface area contributed by atoms with E-state index in [1.54, 1.807) is 6.20 Å². The first-order valence-corrected chi connectivity index (χ1v) is 10.7. The van der Waals surface area contributed by atoms with Crippen molar-refractivity contribution in [2.75, 3.05) is 11.9 Å². The number of halogens is 1. The van der Waals surface area contributed by atoms with Crippen molar-refractivity contribution < 1.29 is 4.79 Å². The van der Waals surface area contributed by atoms with E-state index in [0.29, 0.717) is 17.5 Å². The Bertz CT molecular complexity index is 1120. The molecule has 2 aromatic heterocycles. The maximum absolute atomic E-state index is 11.6. The molecule has 3 heterocycles. The van der Waals surface area contributed by atoms with Crippen LogP contribution in [0.4, 0.5) is 10.7 Å². The Morgan fingerprint density at radius 3 is 2.65 bits per heavy atom. The quantitative estimate of drug-likeness (QED) is 0.549. The van der Waals surface area contributed by atoms with Gasteiger partial charge in [0.2, 0.25) is 5.95 Å². The molecule has 1 aliphatic heterocycles. The lowest BCUT2D eigenvalue weighted by molar-refractivity contribution is 0.245. The fourth-order valence-corrected chi connectivity index (χ4v) is 4.08. The summed E-state index contributed by atoms with van der Waals surface area (Å²) in [4.78, 5) is 25.5. The van der Waals surface area contributed by atoms with Crippen molar-refractivity contribution in [3.63, 3.8) is 0 Å². The molecule has 31 heavy (non-hydrogen) atoms. The first-order chi connectivity index (χ1) is 14.9. The molecule has 2 aliphatic rings. The number of nitrogens with zero attached hydrogens (tertiary/aromatic N) is 4. The Morgan fingerprint density at radius 1 is 1.19 bits per heavy atom. The molecule has 9 heteroatoms. The number of nitrogens with one attached hydrogen (secondary N) is 3. The topological polar surface area (TPSA) is 96.8 Å². The van der Waals surface area contributed by atoms with Gasteiger partial charge >= 0.3 is 6.03 Å². The van der Waals surface area contributed by atoms with E-state index in [2.05, 4.69) is 39.8 Å². The molecule has 3 aromatic rings. The van der Waals surface area contributed by atoms with Crippen molar-refractivity contribution in [2.24, 2.45) is 0 Å². The Kier molecular flexibility index (Phi) is 4.62. The van der Waals surface area contributed by atoms with Gasteiger partial charge in [0.15, 0.2) is 0 Å². The number of aromatic nitrogens is 4. The molecule has 2 amide bonds. The summed E-state index contributed by atoms with van der Waals surface area (Å²) in [5, 5.41) is 10.0. The summed E-state index contributed by atoms with van der Waals surface area (Å²) >= 11 is 6.00. The van der Waals surface area contributed by atoms with Crippen LogP contribution < -0.4 is 16.0 Å². The van der Waals surface area contributed by atoms with Gasteiger partial charge in [0.25, 0.3) is 0 Å². The van der Waals surface area contributed by atoms with Gasteiger partial charge in [0, 0.05) is 35.1 Å². The van der Waals surface area contributed by atoms with E-state index in [0.717, 1.165) is 29.9 Å². The highest BCUT2D eigenvalue weighted by Crippen LogP contribution is 2.47. The van der Waals surface area contributed by atoms with Crippen LogP contribution in [0.25, 0.3) is 5.69 Å². The van der Waals surface area contributed by atoms with Crippen LogP contribution in [-0.4, -0.2) is 38.1 Å². The summed E-state index contributed by atoms with van der Waals surface area (Å²) in [6, 6.07) is 9.39. The second-order valence-corrected chi connectivity index (χ2v) is 9.18. The molecule has 0 spiro atoms. The minimum Gasteiger partial charge on any atom is -0.343 e. The third kappa shape index (κ3) is 3.72. The van der Waals surface area contributed by atoms with Gasteiger partial charge in [0.1, 0.15) is 0 Å². The number of rotatable bonds is 6. The molecule has 1 atom stereocenters. The van der Waals surface area contributed by atoms with E-state index in [1.807, 2.05) is 47.4 Å². The molecule has 1 saturated heterocycles. The predicted octanol–water partition coefficient (Wildman–Crippen LogP) is 3.38. The molecule has 1 aliphatic carbocycles. The zero-order valence-corrected chi connectivity index (χ0v) is 18.1. The molecule has 8 nitrogen and oxygen atoms in total. The van der Waals surface area contributed by atoms with Crippen molar-refractivity contribution in [2.45, 2.75) is 43.7 Å². The minimum atomic E-state index is -0.342. The van der Waals surface area contributed by atoms with Crippen LogP contribution in [0.15, 0.2) is 49.1 Å². The van der Waals surface area contributed by atoms with Gasteiger partial charge in [-0.2, -0.15) is 0 Å². The Balaban J connectivity index is 1.36. The van der Waals surface area contributed by atoms with E-state index in [4.69, 9.17) is 16.6 Å². The predicted molar refractivity (Wildman–Crippen MR) is 118 cm³/mol. The second-order valence-electron chi connectivity index (χ2n) is 8.74. The summed E-state index contributed by atoms with van der Waals surface area (Å²) in [6.45, 7) is 4.74. The third-order valence-corrected chi connectivity index (χ3v) is 6.51. The van der Waals surface area contributed by atoms with Crippen LogP contribution in [-0.2, 0) is 11.0 Å². The number of hydrogen-bond acceptors (Lipinski definition) is 5. The van der Waals surface area contributed by atoms with Crippen molar-refractivity contribution >= 4 is 23.6 Å². The Hall–Kier alpha value is -3.13. The normalized spacial score (nSPS) is 19.6. The summed E-state index contributed by atoms with van der Waals surface area (Å²) < 4.78 is 1.99. The number of imidazole rings is 1. The third-order valence-electron chi connectivity index (χ3n) is 6.26.